The molecule has 0 fully saturated rings. The van der Waals surface area contributed by atoms with Crippen LogP contribution in [0.3, 0.4) is 0 Å². The Bertz CT molecular complexity index is 665. The lowest BCUT2D eigenvalue weighted by Gasteiger charge is -2.18. The number of hydrogen-bond donors (Lipinski definition) is 2. The van der Waals surface area contributed by atoms with Gasteiger partial charge in [-0.25, -0.2) is 0 Å². The van der Waals surface area contributed by atoms with Crippen molar-refractivity contribution in [3.63, 3.8) is 0 Å². The predicted molar refractivity (Wildman–Crippen MR) is 75.8 cm³/mol. The lowest BCUT2D eigenvalue weighted by atomic mass is 9.94. The molecule has 0 amide bonds. The monoisotopic (exact) mass is 295 g/mol. The van der Waals surface area contributed by atoms with Gasteiger partial charge < -0.3 is 10.8 Å². The first-order valence-corrected chi connectivity index (χ1v) is 6.42. The molecule has 0 spiro atoms. The van der Waals surface area contributed by atoms with Crippen molar-refractivity contribution in [2.75, 3.05) is 5.73 Å². The lowest BCUT2D eigenvalue weighted by molar-refractivity contribution is -0.137. The summed E-state index contributed by atoms with van der Waals surface area (Å²) in [5.74, 6) is 0. The highest BCUT2D eigenvalue weighted by molar-refractivity contribution is 5.53. The summed E-state index contributed by atoms with van der Waals surface area (Å²) in [5, 5.41) is 10.4. The van der Waals surface area contributed by atoms with Crippen LogP contribution < -0.4 is 5.73 Å². The molecule has 2 nitrogen and oxygen atoms in total. The van der Waals surface area contributed by atoms with Gasteiger partial charge in [0.15, 0.2) is 0 Å². The molecule has 0 heterocycles. The van der Waals surface area contributed by atoms with E-state index in [-0.39, 0.29) is 11.3 Å². The van der Waals surface area contributed by atoms with Crippen LogP contribution >= 0.6 is 0 Å². The van der Waals surface area contributed by atoms with Gasteiger partial charge in [-0.05, 0) is 43.2 Å². The molecule has 0 saturated heterocycles. The van der Waals surface area contributed by atoms with Crippen LogP contribution in [0.25, 0.3) is 0 Å². The molecule has 112 valence electrons. The number of aliphatic hydroxyl groups excluding tert-OH is 1. The highest BCUT2D eigenvalue weighted by Crippen LogP contribution is 2.35. The first kappa shape index (κ1) is 15.4. The minimum Gasteiger partial charge on any atom is -0.398 e. The smallest absolute Gasteiger partial charge is 0.398 e. The van der Waals surface area contributed by atoms with E-state index in [4.69, 9.17) is 5.73 Å². The number of rotatable bonds is 2. The lowest BCUT2D eigenvalue weighted by Crippen LogP contribution is -2.10. The molecule has 0 aliphatic rings. The third-order valence-corrected chi connectivity index (χ3v) is 3.43. The molecule has 2 aromatic rings. The number of nitrogens with two attached hydrogens (primary N) is 1. The standard InChI is InChI=1S/C16H16F3NO/c1-9-3-5-12(10(2)7-9)15(21)13-8-11(16(17,18)19)4-6-14(13)20/h3-8,15,21H,20H2,1-2H3. The largest absolute Gasteiger partial charge is 0.416 e. The average Bonchev–Trinajstić information content (AvgIpc) is 2.37. The maximum absolute atomic E-state index is 12.8. The Kier molecular flexibility index (Phi) is 3.96. The summed E-state index contributed by atoms with van der Waals surface area (Å²) < 4.78 is 38.3. The van der Waals surface area contributed by atoms with Crippen LogP contribution in [0.1, 0.15) is 33.9 Å². The van der Waals surface area contributed by atoms with E-state index in [1.165, 1.54) is 6.07 Å². The number of halogens is 3. The highest BCUT2D eigenvalue weighted by Gasteiger charge is 2.31. The van der Waals surface area contributed by atoms with E-state index in [9.17, 15) is 18.3 Å². The molecular weight excluding hydrogens is 279 g/mol. The van der Waals surface area contributed by atoms with Gasteiger partial charge in [0.1, 0.15) is 6.10 Å². The number of anilines is 1. The number of alkyl halides is 3. The third kappa shape index (κ3) is 3.19. The average molecular weight is 295 g/mol. The first-order chi connectivity index (χ1) is 9.70. The maximum atomic E-state index is 12.8. The van der Waals surface area contributed by atoms with Crippen molar-refractivity contribution in [1.82, 2.24) is 0 Å². The van der Waals surface area contributed by atoms with Gasteiger partial charge in [0.2, 0.25) is 0 Å². The Morgan fingerprint density at radius 1 is 1.00 bits per heavy atom. The molecule has 2 aromatic carbocycles. The molecule has 0 saturated carbocycles. The van der Waals surface area contributed by atoms with E-state index in [0.29, 0.717) is 5.56 Å². The van der Waals surface area contributed by atoms with Gasteiger partial charge in [-0.15, -0.1) is 0 Å². The summed E-state index contributed by atoms with van der Waals surface area (Å²) >= 11 is 0. The zero-order chi connectivity index (χ0) is 15.8. The molecule has 21 heavy (non-hydrogen) atoms. The van der Waals surface area contributed by atoms with E-state index in [2.05, 4.69) is 0 Å². The molecule has 0 bridgehead atoms. The fourth-order valence-electron chi connectivity index (χ4n) is 2.29. The highest BCUT2D eigenvalue weighted by atomic mass is 19.4. The Hall–Kier alpha value is -2.01. The topological polar surface area (TPSA) is 46.2 Å². The third-order valence-electron chi connectivity index (χ3n) is 3.43. The normalized spacial score (nSPS) is 13.2. The van der Waals surface area contributed by atoms with Crippen molar-refractivity contribution in [2.24, 2.45) is 0 Å². The van der Waals surface area contributed by atoms with Crippen LogP contribution in [0.5, 0.6) is 0 Å². The van der Waals surface area contributed by atoms with Crippen LogP contribution in [-0.2, 0) is 6.18 Å². The molecule has 0 aliphatic heterocycles. The quantitative estimate of drug-likeness (QED) is 0.823. The molecule has 2 rings (SSSR count). The van der Waals surface area contributed by atoms with Gasteiger partial charge in [-0.3, -0.25) is 0 Å². The van der Waals surface area contributed by atoms with Crippen molar-refractivity contribution in [3.8, 4) is 0 Å². The molecule has 0 radical (unpaired) electrons. The van der Waals surface area contributed by atoms with Crippen molar-refractivity contribution in [3.05, 3.63) is 64.2 Å². The van der Waals surface area contributed by atoms with Gasteiger partial charge in [-0.1, -0.05) is 23.8 Å². The first-order valence-electron chi connectivity index (χ1n) is 6.42. The zero-order valence-electron chi connectivity index (χ0n) is 11.7. The summed E-state index contributed by atoms with van der Waals surface area (Å²) in [6.07, 6.45) is -5.65. The number of hydrogen-bond acceptors (Lipinski definition) is 2. The van der Waals surface area contributed by atoms with E-state index in [1.807, 2.05) is 13.0 Å². The second kappa shape index (κ2) is 5.41. The molecule has 0 aromatic heterocycles. The molecular formula is C16H16F3NO. The Morgan fingerprint density at radius 2 is 1.67 bits per heavy atom. The second-order valence-electron chi connectivity index (χ2n) is 5.10. The van der Waals surface area contributed by atoms with Gasteiger partial charge in [-0.2, -0.15) is 13.2 Å². The SMILES string of the molecule is Cc1ccc(C(O)c2cc(C(F)(F)F)ccc2N)c(C)c1. The van der Waals surface area contributed by atoms with E-state index in [1.54, 1.807) is 19.1 Å². The van der Waals surface area contributed by atoms with Crippen LogP contribution in [0.4, 0.5) is 18.9 Å². The molecule has 5 heteroatoms. The Balaban J connectivity index is 2.50. The summed E-state index contributed by atoms with van der Waals surface area (Å²) in [6.45, 7) is 3.71. The van der Waals surface area contributed by atoms with Gasteiger partial charge in [0, 0.05) is 11.3 Å². The number of nitrogen functional groups attached to an aromatic ring is 1. The molecule has 1 atom stereocenters. The Labute approximate surface area is 121 Å². The molecule has 3 N–H and O–H groups in total. The predicted octanol–water partition coefficient (Wildman–Crippen LogP) is 3.99. The summed E-state index contributed by atoms with van der Waals surface area (Å²) in [4.78, 5) is 0. The fourth-order valence-corrected chi connectivity index (χ4v) is 2.29. The zero-order valence-corrected chi connectivity index (χ0v) is 11.7. The van der Waals surface area contributed by atoms with E-state index < -0.39 is 17.8 Å². The van der Waals surface area contributed by atoms with Crippen LogP contribution in [0.2, 0.25) is 0 Å². The maximum Gasteiger partial charge on any atom is 0.416 e. The van der Waals surface area contributed by atoms with E-state index >= 15 is 0 Å². The number of benzene rings is 2. The van der Waals surface area contributed by atoms with Crippen LogP contribution in [-0.4, -0.2) is 5.11 Å². The van der Waals surface area contributed by atoms with Crippen LogP contribution in [0, 0.1) is 13.8 Å². The summed E-state index contributed by atoms with van der Waals surface area (Å²) in [7, 11) is 0. The number of aryl methyl sites for hydroxylation is 2. The van der Waals surface area contributed by atoms with Gasteiger partial charge in [0.05, 0.1) is 5.56 Å². The van der Waals surface area contributed by atoms with Crippen molar-refractivity contribution >= 4 is 5.69 Å². The van der Waals surface area contributed by atoms with Crippen molar-refractivity contribution in [1.29, 1.82) is 0 Å². The van der Waals surface area contributed by atoms with Gasteiger partial charge >= 0.3 is 6.18 Å². The Morgan fingerprint density at radius 3 is 2.24 bits per heavy atom. The van der Waals surface area contributed by atoms with Crippen LogP contribution in [0.15, 0.2) is 36.4 Å². The molecule has 1 unspecified atom stereocenters. The fraction of sp³-hybridized carbons (Fsp3) is 0.250. The number of aliphatic hydroxyl groups is 1. The second-order valence-corrected chi connectivity index (χ2v) is 5.10. The minimum atomic E-state index is -4.47. The van der Waals surface area contributed by atoms with Crippen molar-refractivity contribution < 1.29 is 18.3 Å². The summed E-state index contributed by atoms with van der Waals surface area (Å²) in [6, 6.07) is 8.35. The molecule has 0 aliphatic carbocycles. The van der Waals surface area contributed by atoms with E-state index in [0.717, 1.165) is 23.3 Å². The van der Waals surface area contributed by atoms with Crippen molar-refractivity contribution in [2.45, 2.75) is 26.1 Å². The van der Waals surface area contributed by atoms with Gasteiger partial charge in [0.25, 0.3) is 0 Å². The minimum absolute atomic E-state index is 0.0665. The summed E-state index contributed by atoms with van der Waals surface area (Å²) in [5.41, 5.74) is 7.47.